The SMILES string of the molecule is COc1cccc2c1CCN(c1cc(C)nc(C(C)C)n1)C2. The lowest BCUT2D eigenvalue weighted by atomic mass is 9.98. The molecule has 3 rings (SSSR count). The van der Waals surface area contributed by atoms with Crippen molar-refractivity contribution in [2.75, 3.05) is 18.6 Å². The lowest BCUT2D eigenvalue weighted by Crippen LogP contribution is -2.31. The van der Waals surface area contributed by atoms with E-state index in [1.54, 1.807) is 7.11 Å². The molecule has 0 N–H and O–H groups in total. The van der Waals surface area contributed by atoms with E-state index in [4.69, 9.17) is 9.72 Å². The number of nitrogens with zero attached hydrogens (tertiary/aromatic N) is 3. The van der Waals surface area contributed by atoms with Crippen LogP contribution >= 0.6 is 0 Å². The van der Waals surface area contributed by atoms with Gasteiger partial charge in [-0.15, -0.1) is 0 Å². The maximum atomic E-state index is 5.48. The number of rotatable bonds is 3. The van der Waals surface area contributed by atoms with E-state index < -0.39 is 0 Å². The Balaban J connectivity index is 1.92. The molecule has 1 aromatic carbocycles. The molecule has 4 nitrogen and oxygen atoms in total. The molecule has 0 unspecified atom stereocenters. The van der Waals surface area contributed by atoms with Crippen molar-refractivity contribution in [3.8, 4) is 5.75 Å². The Labute approximate surface area is 132 Å². The molecule has 2 heterocycles. The quantitative estimate of drug-likeness (QED) is 0.869. The van der Waals surface area contributed by atoms with E-state index >= 15 is 0 Å². The number of ether oxygens (including phenoxy) is 1. The average molecular weight is 297 g/mol. The van der Waals surface area contributed by atoms with Crippen molar-refractivity contribution < 1.29 is 4.74 Å². The van der Waals surface area contributed by atoms with Crippen molar-refractivity contribution in [2.24, 2.45) is 0 Å². The first kappa shape index (κ1) is 14.8. The largest absolute Gasteiger partial charge is 0.496 e. The van der Waals surface area contributed by atoms with Crippen LogP contribution in [0.1, 0.15) is 42.4 Å². The van der Waals surface area contributed by atoms with Gasteiger partial charge in [-0.25, -0.2) is 9.97 Å². The maximum Gasteiger partial charge on any atom is 0.133 e. The van der Waals surface area contributed by atoms with Crippen LogP contribution in [0, 0.1) is 6.92 Å². The molecule has 1 aromatic heterocycles. The van der Waals surface area contributed by atoms with Gasteiger partial charge in [-0.3, -0.25) is 0 Å². The number of anilines is 1. The van der Waals surface area contributed by atoms with Crippen LogP contribution in [-0.4, -0.2) is 23.6 Å². The first-order valence-electron chi connectivity index (χ1n) is 7.83. The molecule has 0 aliphatic carbocycles. The Bertz CT molecular complexity index is 682. The fourth-order valence-electron chi connectivity index (χ4n) is 2.96. The van der Waals surface area contributed by atoms with E-state index in [9.17, 15) is 0 Å². The Morgan fingerprint density at radius 1 is 1.23 bits per heavy atom. The minimum atomic E-state index is 0.343. The first-order valence-corrected chi connectivity index (χ1v) is 7.83. The summed E-state index contributed by atoms with van der Waals surface area (Å²) < 4.78 is 5.48. The van der Waals surface area contributed by atoms with Gasteiger partial charge in [0.1, 0.15) is 17.4 Å². The Kier molecular flexibility index (Phi) is 4.01. The van der Waals surface area contributed by atoms with Gasteiger partial charge in [-0.05, 0) is 25.0 Å². The first-order chi connectivity index (χ1) is 10.6. The van der Waals surface area contributed by atoms with E-state index in [1.807, 2.05) is 13.0 Å². The third-order valence-corrected chi connectivity index (χ3v) is 4.14. The van der Waals surface area contributed by atoms with Gasteiger partial charge in [0.05, 0.1) is 7.11 Å². The lowest BCUT2D eigenvalue weighted by molar-refractivity contribution is 0.407. The molecule has 22 heavy (non-hydrogen) atoms. The van der Waals surface area contributed by atoms with Gasteiger partial charge in [0.2, 0.25) is 0 Å². The number of aryl methyl sites for hydroxylation is 1. The van der Waals surface area contributed by atoms with Crippen LogP contribution in [0.5, 0.6) is 5.75 Å². The normalized spacial score (nSPS) is 14.1. The standard InChI is InChI=1S/C18H23N3O/c1-12(2)18-19-13(3)10-17(20-18)21-9-8-15-14(11-21)6-5-7-16(15)22-4/h5-7,10,12H,8-9,11H2,1-4H3. The summed E-state index contributed by atoms with van der Waals surface area (Å²) in [5, 5.41) is 0. The highest BCUT2D eigenvalue weighted by molar-refractivity contribution is 5.49. The number of aromatic nitrogens is 2. The molecule has 0 saturated heterocycles. The number of methoxy groups -OCH3 is 1. The van der Waals surface area contributed by atoms with Crippen LogP contribution in [0.2, 0.25) is 0 Å². The van der Waals surface area contributed by atoms with Crippen molar-refractivity contribution in [3.05, 3.63) is 46.9 Å². The number of hydrogen-bond acceptors (Lipinski definition) is 4. The molecule has 1 aliphatic heterocycles. The Morgan fingerprint density at radius 2 is 2.05 bits per heavy atom. The number of hydrogen-bond donors (Lipinski definition) is 0. The summed E-state index contributed by atoms with van der Waals surface area (Å²) in [5.74, 6) is 3.30. The van der Waals surface area contributed by atoms with Gasteiger partial charge < -0.3 is 9.64 Å². The third kappa shape index (κ3) is 2.78. The van der Waals surface area contributed by atoms with Crippen molar-refractivity contribution in [3.63, 3.8) is 0 Å². The molecule has 0 spiro atoms. The zero-order valence-electron chi connectivity index (χ0n) is 13.8. The van der Waals surface area contributed by atoms with E-state index in [0.29, 0.717) is 5.92 Å². The highest BCUT2D eigenvalue weighted by atomic mass is 16.5. The summed E-state index contributed by atoms with van der Waals surface area (Å²) in [6, 6.07) is 8.37. The minimum absolute atomic E-state index is 0.343. The molecule has 0 atom stereocenters. The smallest absolute Gasteiger partial charge is 0.133 e. The lowest BCUT2D eigenvalue weighted by Gasteiger charge is -2.31. The second kappa shape index (κ2) is 5.95. The fraction of sp³-hybridized carbons (Fsp3) is 0.444. The zero-order chi connectivity index (χ0) is 15.7. The van der Waals surface area contributed by atoms with E-state index in [1.165, 1.54) is 11.1 Å². The molecule has 0 radical (unpaired) electrons. The van der Waals surface area contributed by atoms with Gasteiger partial charge in [0.25, 0.3) is 0 Å². The highest BCUT2D eigenvalue weighted by Crippen LogP contribution is 2.30. The summed E-state index contributed by atoms with van der Waals surface area (Å²) in [4.78, 5) is 11.6. The second-order valence-corrected chi connectivity index (χ2v) is 6.15. The number of fused-ring (bicyclic) bond motifs is 1. The van der Waals surface area contributed by atoms with E-state index in [0.717, 1.165) is 42.6 Å². The monoisotopic (exact) mass is 297 g/mol. The van der Waals surface area contributed by atoms with Gasteiger partial charge in [-0.1, -0.05) is 26.0 Å². The summed E-state index contributed by atoms with van der Waals surface area (Å²) in [7, 11) is 1.74. The van der Waals surface area contributed by atoms with Crippen LogP contribution in [-0.2, 0) is 13.0 Å². The van der Waals surface area contributed by atoms with Crippen LogP contribution in [0.3, 0.4) is 0 Å². The zero-order valence-corrected chi connectivity index (χ0v) is 13.8. The molecular formula is C18H23N3O. The molecule has 0 amide bonds. The minimum Gasteiger partial charge on any atom is -0.496 e. The summed E-state index contributed by atoms with van der Waals surface area (Å²) in [6.45, 7) is 8.14. The van der Waals surface area contributed by atoms with Crippen LogP contribution in [0.15, 0.2) is 24.3 Å². The Hall–Kier alpha value is -2.10. The molecule has 4 heteroatoms. The predicted octanol–water partition coefficient (Wildman–Crippen LogP) is 3.48. The highest BCUT2D eigenvalue weighted by Gasteiger charge is 2.21. The van der Waals surface area contributed by atoms with E-state index in [-0.39, 0.29) is 0 Å². The molecule has 0 saturated carbocycles. The predicted molar refractivity (Wildman–Crippen MR) is 88.6 cm³/mol. The molecule has 116 valence electrons. The average Bonchev–Trinajstić information content (AvgIpc) is 2.53. The van der Waals surface area contributed by atoms with Crippen molar-refractivity contribution >= 4 is 5.82 Å². The maximum absolute atomic E-state index is 5.48. The molecule has 2 aromatic rings. The summed E-state index contributed by atoms with van der Waals surface area (Å²) in [6.07, 6.45) is 0.986. The molecule has 0 fully saturated rings. The fourth-order valence-corrected chi connectivity index (χ4v) is 2.96. The summed E-state index contributed by atoms with van der Waals surface area (Å²) >= 11 is 0. The van der Waals surface area contributed by atoms with Gasteiger partial charge in [-0.2, -0.15) is 0 Å². The molecule has 1 aliphatic rings. The molecular weight excluding hydrogens is 274 g/mol. The van der Waals surface area contributed by atoms with Crippen molar-refractivity contribution in [1.29, 1.82) is 0 Å². The van der Waals surface area contributed by atoms with E-state index in [2.05, 4.69) is 41.9 Å². The van der Waals surface area contributed by atoms with Gasteiger partial charge in [0.15, 0.2) is 0 Å². The number of benzene rings is 1. The molecule has 0 bridgehead atoms. The summed E-state index contributed by atoms with van der Waals surface area (Å²) in [5.41, 5.74) is 3.69. The Morgan fingerprint density at radius 3 is 2.77 bits per heavy atom. The van der Waals surface area contributed by atoms with Crippen LogP contribution in [0.4, 0.5) is 5.82 Å². The van der Waals surface area contributed by atoms with Crippen molar-refractivity contribution in [1.82, 2.24) is 9.97 Å². The van der Waals surface area contributed by atoms with Gasteiger partial charge >= 0.3 is 0 Å². The third-order valence-electron chi connectivity index (χ3n) is 4.14. The van der Waals surface area contributed by atoms with Gasteiger partial charge in [0, 0.05) is 36.3 Å². The topological polar surface area (TPSA) is 38.2 Å². The van der Waals surface area contributed by atoms with Crippen molar-refractivity contribution in [2.45, 2.75) is 39.7 Å². The second-order valence-electron chi connectivity index (χ2n) is 6.15. The van der Waals surface area contributed by atoms with Crippen LogP contribution in [0.25, 0.3) is 0 Å². The van der Waals surface area contributed by atoms with Crippen LogP contribution < -0.4 is 9.64 Å².